The van der Waals surface area contributed by atoms with E-state index in [1.807, 2.05) is 0 Å². The third kappa shape index (κ3) is 5.11. The van der Waals surface area contributed by atoms with Gasteiger partial charge in [0.25, 0.3) is 0 Å². The number of para-hydroxylation sites is 1. The Kier molecular flexibility index (Phi) is 5.85. The monoisotopic (exact) mass is 333 g/mol. The molecule has 0 N–H and O–H groups in total. The summed E-state index contributed by atoms with van der Waals surface area (Å²) in [4.78, 5) is 13.2. The van der Waals surface area contributed by atoms with E-state index in [-0.39, 0.29) is 37.6 Å². The normalized spacial score (nSPS) is 18.8. The Hall–Kier alpha value is -1.79. The van der Waals surface area contributed by atoms with Crippen LogP contribution in [0.3, 0.4) is 0 Å². The highest BCUT2D eigenvalue weighted by Gasteiger charge is 2.42. The van der Waals surface area contributed by atoms with Crippen molar-refractivity contribution in [2.45, 2.75) is 31.9 Å². The number of carbonyl (C=O) groups excluding carboxylic acids is 1. The van der Waals surface area contributed by atoms with E-state index >= 15 is 0 Å². The second kappa shape index (κ2) is 7.66. The van der Waals surface area contributed by atoms with Crippen LogP contribution in [0.1, 0.15) is 25.7 Å². The lowest BCUT2D eigenvalue weighted by Crippen LogP contribution is -2.44. The Morgan fingerprint density at radius 2 is 2.04 bits per heavy atom. The molecule has 0 saturated carbocycles. The molecule has 2 rings (SSSR count). The van der Waals surface area contributed by atoms with E-state index in [1.165, 1.54) is 17.0 Å². The van der Waals surface area contributed by atoms with Crippen molar-refractivity contribution < 1.29 is 27.1 Å². The summed E-state index contributed by atoms with van der Waals surface area (Å²) >= 11 is 0. The molecule has 7 heteroatoms. The molecular formula is C16H19F4NO2. The highest BCUT2D eigenvalue weighted by atomic mass is 19.4. The maximum atomic E-state index is 13.3. The van der Waals surface area contributed by atoms with Crippen molar-refractivity contribution in [3.63, 3.8) is 0 Å². The van der Waals surface area contributed by atoms with Gasteiger partial charge in [0.15, 0.2) is 11.6 Å². The molecule has 1 aromatic rings. The molecule has 1 atom stereocenters. The number of halogens is 4. The van der Waals surface area contributed by atoms with Crippen LogP contribution >= 0.6 is 0 Å². The topological polar surface area (TPSA) is 29.5 Å². The van der Waals surface area contributed by atoms with Crippen LogP contribution in [0.4, 0.5) is 17.6 Å². The maximum absolute atomic E-state index is 13.3. The highest BCUT2D eigenvalue weighted by Crippen LogP contribution is 2.33. The van der Waals surface area contributed by atoms with Crippen LogP contribution in [0.5, 0.6) is 5.75 Å². The Bertz CT molecular complexity index is 533. The van der Waals surface area contributed by atoms with Crippen LogP contribution in [0.15, 0.2) is 24.3 Å². The van der Waals surface area contributed by atoms with E-state index in [4.69, 9.17) is 4.74 Å². The number of rotatable bonds is 5. The molecule has 3 nitrogen and oxygen atoms in total. The summed E-state index contributed by atoms with van der Waals surface area (Å²) < 4.78 is 56.7. The lowest BCUT2D eigenvalue weighted by molar-refractivity contribution is -0.188. The zero-order valence-corrected chi connectivity index (χ0v) is 12.6. The summed E-state index contributed by atoms with van der Waals surface area (Å²) in [5.74, 6) is -2.12. The van der Waals surface area contributed by atoms with Crippen molar-refractivity contribution in [1.29, 1.82) is 0 Å². The minimum Gasteiger partial charge on any atom is -0.491 e. The summed E-state index contributed by atoms with van der Waals surface area (Å²) in [5, 5.41) is 0. The molecule has 128 valence electrons. The van der Waals surface area contributed by atoms with E-state index in [9.17, 15) is 22.4 Å². The largest absolute Gasteiger partial charge is 0.491 e. The number of amides is 1. The Morgan fingerprint density at radius 3 is 2.74 bits per heavy atom. The fraction of sp³-hybridized carbons (Fsp3) is 0.562. The van der Waals surface area contributed by atoms with Gasteiger partial charge in [-0.2, -0.15) is 13.2 Å². The minimum atomic E-state index is -4.26. The molecule has 1 aliphatic rings. The molecule has 0 spiro atoms. The second-order valence-electron chi connectivity index (χ2n) is 5.60. The van der Waals surface area contributed by atoms with Gasteiger partial charge in [-0.3, -0.25) is 4.79 Å². The average Bonchev–Trinajstić information content (AvgIpc) is 2.52. The van der Waals surface area contributed by atoms with Gasteiger partial charge in [-0.25, -0.2) is 4.39 Å². The molecule has 1 unspecified atom stereocenters. The fourth-order valence-electron chi connectivity index (χ4n) is 2.60. The number of hydrogen-bond donors (Lipinski definition) is 0. The average molecular weight is 333 g/mol. The third-order valence-corrected chi connectivity index (χ3v) is 3.87. The number of nitrogens with zero attached hydrogens (tertiary/aromatic N) is 1. The zero-order valence-electron chi connectivity index (χ0n) is 12.6. The van der Waals surface area contributed by atoms with Gasteiger partial charge in [0.1, 0.15) is 0 Å². The highest BCUT2D eigenvalue weighted by molar-refractivity contribution is 5.76. The minimum absolute atomic E-state index is 0.0731. The fourth-order valence-corrected chi connectivity index (χ4v) is 2.60. The summed E-state index contributed by atoms with van der Waals surface area (Å²) in [6.07, 6.45) is -3.39. The molecule has 1 aromatic carbocycles. The van der Waals surface area contributed by atoms with Gasteiger partial charge in [-0.05, 0) is 31.4 Å². The summed E-state index contributed by atoms with van der Waals surface area (Å²) in [6, 6.07) is 5.93. The summed E-state index contributed by atoms with van der Waals surface area (Å²) in [7, 11) is 0. The lowest BCUT2D eigenvalue weighted by Gasteiger charge is -2.33. The molecule has 1 aliphatic heterocycles. The van der Waals surface area contributed by atoms with E-state index in [1.54, 1.807) is 12.1 Å². The van der Waals surface area contributed by atoms with Crippen LogP contribution in [-0.2, 0) is 4.79 Å². The van der Waals surface area contributed by atoms with Crippen molar-refractivity contribution in [2.75, 3.05) is 19.7 Å². The smallest absolute Gasteiger partial charge is 0.393 e. The molecule has 1 saturated heterocycles. The molecule has 0 bridgehead atoms. The zero-order chi connectivity index (χ0) is 16.9. The van der Waals surface area contributed by atoms with Crippen LogP contribution < -0.4 is 4.74 Å². The number of alkyl halides is 3. The van der Waals surface area contributed by atoms with Crippen LogP contribution in [0, 0.1) is 11.7 Å². The molecular weight excluding hydrogens is 314 g/mol. The number of ether oxygens (including phenoxy) is 1. The predicted octanol–water partition coefficient (Wildman–Crippen LogP) is 3.79. The number of benzene rings is 1. The van der Waals surface area contributed by atoms with E-state index in [0.717, 1.165) is 0 Å². The van der Waals surface area contributed by atoms with Gasteiger partial charge in [-0.1, -0.05) is 12.1 Å². The quantitative estimate of drug-likeness (QED) is 0.606. The van der Waals surface area contributed by atoms with Crippen molar-refractivity contribution in [3.8, 4) is 5.75 Å². The molecule has 1 fully saturated rings. The molecule has 1 heterocycles. The standard InChI is InChI=1S/C16H19F4NO2/c17-13-6-1-2-7-14(13)23-10-4-8-15(22)21-9-3-5-12(11-21)16(18,19)20/h1-2,6-7,12H,3-5,8-11H2. The Morgan fingerprint density at radius 1 is 1.30 bits per heavy atom. The number of carbonyl (C=O) groups is 1. The van der Waals surface area contributed by atoms with Crippen molar-refractivity contribution in [2.24, 2.45) is 5.92 Å². The first-order valence-electron chi connectivity index (χ1n) is 7.59. The first-order valence-corrected chi connectivity index (χ1v) is 7.59. The van der Waals surface area contributed by atoms with E-state index < -0.39 is 17.9 Å². The van der Waals surface area contributed by atoms with Gasteiger partial charge < -0.3 is 9.64 Å². The van der Waals surface area contributed by atoms with Crippen LogP contribution in [0.25, 0.3) is 0 Å². The Labute approximate surface area is 132 Å². The second-order valence-corrected chi connectivity index (χ2v) is 5.60. The molecule has 0 radical (unpaired) electrons. The van der Waals surface area contributed by atoms with E-state index in [2.05, 4.69) is 0 Å². The van der Waals surface area contributed by atoms with E-state index in [0.29, 0.717) is 19.4 Å². The molecule has 0 aromatic heterocycles. The lowest BCUT2D eigenvalue weighted by atomic mass is 9.97. The summed E-state index contributed by atoms with van der Waals surface area (Å²) in [6.45, 7) is 0.235. The third-order valence-electron chi connectivity index (χ3n) is 3.87. The van der Waals surface area contributed by atoms with Crippen molar-refractivity contribution in [1.82, 2.24) is 4.90 Å². The molecule has 0 aliphatic carbocycles. The number of likely N-dealkylation sites (tertiary alicyclic amines) is 1. The van der Waals surface area contributed by atoms with Gasteiger partial charge in [-0.15, -0.1) is 0 Å². The van der Waals surface area contributed by atoms with Crippen molar-refractivity contribution in [3.05, 3.63) is 30.1 Å². The molecule has 23 heavy (non-hydrogen) atoms. The van der Waals surface area contributed by atoms with Crippen molar-refractivity contribution >= 4 is 5.91 Å². The van der Waals surface area contributed by atoms with Crippen LogP contribution in [0.2, 0.25) is 0 Å². The van der Waals surface area contributed by atoms with Gasteiger partial charge in [0.05, 0.1) is 12.5 Å². The number of hydrogen-bond acceptors (Lipinski definition) is 2. The number of piperidine rings is 1. The van der Waals surface area contributed by atoms with Crippen LogP contribution in [-0.4, -0.2) is 36.7 Å². The maximum Gasteiger partial charge on any atom is 0.393 e. The predicted molar refractivity (Wildman–Crippen MR) is 76.5 cm³/mol. The summed E-state index contributed by atoms with van der Waals surface area (Å²) in [5.41, 5.74) is 0. The van der Waals surface area contributed by atoms with Gasteiger partial charge >= 0.3 is 6.18 Å². The first kappa shape index (κ1) is 17.6. The molecule has 1 amide bonds. The van der Waals surface area contributed by atoms with Gasteiger partial charge in [0.2, 0.25) is 5.91 Å². The van der Waals surface area contributed by atoms with Gasteiger partial charge in [0, 0.05) is 19.5 Å². The first-order chi connectivity index (χ1) is 10.9. The Balaban J connectivity index is 1.73. The SMILES string of the molecule is O=C(CCCOc1ccccc1F)N1CCCC(C(F)(F)F)C1.